The molecule has 0 aliphatic rings. The summed E-state index contributed by atoms with van der Waals surface area (Å²) in [6.07, 6.45) is 3.10. The predicted molar refractivity (Wildman–Crippen MR) is 127 cm³/mol. The monoisotopic (exact) mass is 630 g/mol. The van der Waals surface area contributed by atoms with E-state index in [4.69, 9.17) is 4.11 Å². The van der Waals surface area contributed by atoms with Crippen LogP contribution in [0, 0.1) is 30.6 Å². The SMILES string of the molecule is [2H]C([2H])([2H])c1ccc(-c2[c-]cc(F)c(F)c2)nc1.[Ir].[c-]1ccccc1-c1ccc(-c2ccccc2)cn1. The van der Waals surface area contributed by atoms with Crippen LogP contribution >= 0.6 is 0 Å². The maximum absolute atomic E-state index is 13.0. The van der Waals surface area contributed by atoms with Crippen molar-refractivity contribution in [3.05, 3.63) is 133 Å². The first-order valence-electron chi connectivity index (χ1n) is 11.6. The third-order valence-electron chi connectivity index (χ3n) is 4.75. The van der Waals surface area contributed by atoms with Gasteiger partial charge in [-0.25, -0.2) is 4.39 Å². The van der Waals surface area contributed by atoms with Crippen molar-refractivity contribution < 1.29 is 33.0 Å². The van der Waals surface area contributed by atoms with E-state index in [-0.39, 0.29) is 31.2 Å². The van der Waals surface area contributed by atoms with Gasteiger partial charge in [0.05, 0.1) is 11.6 Å². The minimum Gasteiger partial charge on any atom is -0.304 e. The molecule has 171 valence electrons. The Hall–Kier alpha value is -3.53. The number of hydrogen-bond donors (Lipinski definition) is 0. The first-order valence-corrected chi connectivity index (χ1v) is 10.1. The van der Waals surface area contributed by atoms with Gasteiger partial charge in [-0.05, 0) is 34.9 Å². The van der Waals surface area contributed by atoms with E-state index in [1.165, 1.54) is 23.9 Å². The summed E-state index contributed by atoms with van der Waals surface area (Å²) in [5, 5.41) is 0. The van der Waals surface area contributed by atoms with Crippen LogP contribution in [0.2, 0.25) is 0 Å². The molecule has 5 rings (SSSR count). The van der Waals surface area contributed by atoms with Gasteiger partial charge in [-0.3, -0.25) is 4.39 Å². The van der Waals surface area contributed by atoms with Crippen molar-refractivity contribution in [1.29, 1.82) is 0 Å². The van der Waals surface area contributed by atoms with Gasteiger partial charge in [0.15, 0.2) is 0 Å². The molecule has 0 bridgehead atoms. The van der Waals surface area contributed by atoms with Gasteiger partial charge in [-0.2, -0.15) is 0 Å². The smallest absolute Gasteiger partial charge is 0.0765 e. The molecule has 0 saturated heterocycles. The molecule has 0 spiro atoms. The second-order valence-electron chi connectivity index (χ2n) is 7.05. The minimum absolute atomic E-state index is 0. The number of aromatic nitrogens is 2. The largest absolute Gasteiger partial charge is 0.304 e. The molecular weight excluding hydrogens is 607 g/mol. The summed E-state index contributed by atoms with van der Waals surface area (Å²) in [4.78, 5) is 8.40. The van der Waals surface area contributed by atoms with Crippen molar-refractivity contribution in [3.63, 3.8) is 0 Å². The zero-order valence-corrected chi connectivity index (χ0v) is 20.2. The molecule has 34 heavy (non-hydrogen) atoms. The molecule has 0 unspecified atom stereocenters. The number of nitrogens with zero attached hydrogens (tertiary/aromatic N) is 2. The van der Waals surface area contributed by atoms with Gasteiger partial charge >= 0.3 is 0 Å². The summed E-state index contributed by atoms with van der Waals surface area (Å²) in [6.45, 7) is -2.23. The van der Waals surface area contributed by atoms with Crippen LogP contribution in [0.1, 0.15) is 9.68 Å². The number of rotatable bonds is 3. The molecule has 0 fully saturated rings. The summed E-state index contributed by atoms with van der Waals surface area (Å²) in [5.41, 5.74) is 5.00. The Kier molecular flexibility index (Phi) is 7.47. The topological polar surface area (TPSA) is 25.8 Å². The van der Waals surface area contributed by atoms with Gasteiger partial charge in [0.1, 0.15) is 0 Å². The predicted octanol–water partition coefficient (Wildman–Crippen LogP) is 7.35. The van der Waals surface area contributed by atoms with Crippen LogP contribution < -0.4 is 0 Å². The van der Waals surface area contributed by atoms with E-state index in [0.29, 0.717) is 5.69 Å². The maximum atomic E-state index is 13.0. The van der Waals surface area contributed by atoms with Gasteiger partial charge in [-0.15, -0.1) is 59.7 Å². The van der Waals surface area contributed by atoms with Crippen molar-refractivity contribution in [2.45, 2.75) is 6.85 Å². The molecule has 3 aromatic carbocycles. The van der Waals surface area contributed by atoms with Gasteiger partial charge in [0.25, 0.3) is 0 Å². The molecule has 2 nitrogen and oxygen atoms in total. The van der Waals surface area contributed by atoms with Gasteiger partial charge < -0.3 is 9.97 Å². The average Bonchev–Trinajstić information content (AvgIpc) is 2.91. The zero-order valence-electron chi connectivity index (χ0n) is 20.8. The van der Waals surface area contributed by atoms with Crippen LogP contribution in [0.25, 0.3) is 33.6 Å². The van der Waals surface area contributed by atoms with E-state index in [2.05, 4.69) is 40.3 Å². The van der Waals surface area contributed by atoms with Gasteiger partial charge in [0.2, 0.25) is 0 Å². The molecule has 0 amide bonds. The minimum atomic E-state index is -2.23. The van der Waals surface area contributed by atoms with Crippen LogP contribution in [-0.4, -0.2) is 9.97 Å². The number of pyridine rings is 2. The van der Waals surface area contributed by atoms with Crippen LogP contribution in [0.15, 0.2) is 103 Å². The summed E-state index contributed by atoms with van der Waals surface area (Å²) in [6, 6.07) is 32.7. The number of benzene rings is 3. The Morgan fingerprint density at radius 3 is 2.06 bits per heavy atom. The molecule has 0 aliphatic heterocycles. The second-order valence-corrected chi connectivity index (χ2v) is 7.05. The summed E-state index contributed by atoms with van der Waals surface area (Å²) in [5.74, 6) is -1.98. The zero-order chi connectivity index (χ0) is 25.5. The van der Waals surface area contributed by atoms with E-state index in [1.807, 2.05) is 54.7 Å². The standard InChI is InChI=1S/C17H12N.C12H8F2N.Ir/c1-3-7-14(8-4-1)16-11-12-17(18-13-16)15-9-5-2-6-10-15;1-8-2-5-12(15-7-8)9-3-4-10(13)11(14)6-9;/h1-9,11-13H;2,4-7H,1H3;/q2*-1;/i;1D3;. The number of aryl methyl sites for hydroxylation is 1. The van der Waals surface area contributed by atoms with Crippen molar-refractivity contribution in [2.75, 3.05) is 0 Å². The molecule has 1 radical (unpaired) electrons. The fraction of sp³-hybridized carbons (Fsp3) is 0.0345. The first kappa shape index (κ1) is 21.0. The fourth-order valence-electron chi connectivity index (χ4n) is 3.06. The van der Waals surface area contributed by atoms with Crippen molar-refractivity contribution in [3.8, 4) is 33.6 Å². The van der Waals surface area contributed by atoms with E-state index in [1.54, 1.807) is 0 Å². The van der Waals surface area contributed by atoms with E-state index in [0.717, 1.165) is 29.0 Å². The quantitative estimate of drug-likeness (QED) is 0.195. The Bertz CT molecular complexity index is 1350. The third-order valence-corrected chi connectivity index (χ3v) is 4.75. The van der Waals surface area contributed by atoms with Crippen LogP contribution in [0.3, 0.4) is 0 Å². The van der Waals surface area contributed by atoms with E-state index in [9.17, 15) is 8.78 Å². The molecule has 2 aromatic heterocycles. The Labute approximate surface area is 215 Å². The molecule has 5 heteroatoms. The van der Waals surface area contributed by atoms with Crippen LogP contribution in [-0.2, 0) is 20.1 Å². The summed E-state index contributed by atoms with van der Waals surface area (Å²) >= 11 is 0. The molecule has 0 saturated carbocycles. The summed E-state index contributed by atoms with van der Waals surface area (Å²) in [7, 11) is 0. The normalized spacial score (nSPS) is 11.6. The molecule has 0 atom stereocenters. The Morgan fingerprint density at radius 2 is 1.44 bits per heavy atom. The molecule has 0 N–H and O–H groups in total. The van der Waals surface area contributed by atoms with Crippen molar-refractivity contribution in [1.82, 2.24) is 9.97 Å². The molecule has 5 aromatic rings. The first-order chi connectivity index (χ1) is 17.3. The van der Waals surface area contributed by atoms with Gasteiger partial charge in [0, 0.05) is 36.6 Å². The fourth-order valence-corrected chi connectivity index (χ4v) is 3.06. The average molecular weight is 630 g/mol. The molecule has 0 aliphatic carbocycles. The second kappa shape index (κ2) is 12.1. The van der Waals surface area contributed by atoms with Crippen LogP contribution in [0.5, 0.6) is 0 Å². The van der Waals surface area contributed by atoms with E-state index >= 15 is 0 Å². The van der Waals surface area contributed by atoms with Crippen LogP contribution in [0.4, 0.5) is 8.78 Å². The van der Waals surface area contributed by atoms with Crippen molar-refractivity contribution >= 4 is 0 Å². The summed E-state index contributed by atoms with van der Waals surface area (Å²) < 4.78 is 47.3. The number of hydrogen-bond acceptors (Lipinski definition) is 2. The third kappa shape index (κ3) is 6.50. The van der Waals surface area contributed by atoms with Crippen molar-refractivity contribution in [2.24, 2.45) is 0 Å². The maximum Gasteiger partial charge on any atom is 0.0765 e. The number of halogens is 2. The Morgan fingerprint density at radius 1 is 0.706 bits per heavy atom. The van der Waals surface area contributed by atoms with Gasteiger partial charge in [-0.1, -0.05) is 54.6 Å². The van der Waals surface area contributed by atoms with E-state index < -0.39 is 18.5 Å². The molecule has 2 heterocycles. The molecular formula is C29H20F2IrN2-2. The Balaban J connectivity index is 0.000000200.